The normalized spacial score (nSPS) is 15.4. The van der Waals surface area contributed by atoms with Crippen molar-refractivity contribution in [2.45, 2.75) is 32.1 Å². The highest BCUT2D eigenvalue weighted by Gasteiger charge is 2.21. The minimum atomic E-state index is -0.840. The standard InChI is InChI=1S/C17H23NO5/c19-16(20)12-14-3-5-15(6-4-14)23-11-1-2-13-7-9-18(10-8-13)17(21)22/h3-6,13H,1-2,7-12H2,(H,19,20)(H,21,22). The lowest BCUT2D eigenvalue weighted by Gasteiger charge is -2.29. The summed E-state index contributed by atoms with van der Waals surface area (Å²) in [7, 11) is 0. The number of nitrogens with zero attached hydrogens (tertiary/aromatic N) is 1. The van der Waals surface area contributed by atoms with Gasteiger partial charge in [-0.15, -0.1) is 0 Å². The fraction of sp³-hybridized carbons (Fsp3) is 0.529. The zero-order chi connectivity index (χ0) is 16.7. The van der Waals surface area contributed by atoms with Crippen molar-refractivity contribution in [1.82, 2.24) is 4.90 Å². The summed E-state index contributed by atoms with van der Waals surface area (Å²) in [5, 5.41) is 17.6. The Morgan fingerprint density at radius 2 is 1.78 bits per heavy atom. The highest BCUT2D eigenvalue weighted by Crippen LogP contribution is 2.22. The molecule has 6 heteroatoms. The molecule has 1 saturated heterocycles. The predicted molar refractivity (Wildman–Crippen MR) is 84.8 cm³/mol. The molecule has 0 atom stereocenters. The zero-order valence-corrected chi connectivity index (χ0v) is 13.1. The number of likely N-dealkylation sites (tertiary alicyclic amines) is 1. The molecule has 2 N–H and O–H groups in total. The summed E-state index contributed by atoms with van der Waals surface area (Å²) in [6, 6.07) is 7.13. The van der Waals surface area contributed by atoms with Gasteiger partial charge in [-0.25, -0.2) is 4.79 Å². The second-order valence-electron chi connectivity index (χ2n) is 5.92. The summed E-state index contributed by atoms with van der Waals surface area (Å²) in [6.07, 6.45) is 3.04. The Hall–Kier alpha value is -2.24. The van der Waals surface area contributed by atoms with Gasteiger partial charge in [0, 0.05) is 13.1 Å². The van der Waals surface area contributed by atoms with Crippen LogP contribution in [0.3, 0.4) is 0 Å². The lowest BCUT2D eigenvalue weighted by Crippen LogP contribution is -2.37. The molecular formula is C17H23NO5. The number of piperidine rings is 1. The third kappa shape index (κ3) is 5.81. The second kappa shape index (κ2) is 8.41. The molecule has 0 unspecified atom stereocenters. The molecule has 1 fully saturated rings. The maximum absolute atomic E-state index is 10.8. The van der Waals surface area contributed by atoms with Crippen LogP contribution in [0.4, 0.5) is 4.79 Å². The van der Waals surface area contributed by atoms with Gasteiger partial charge in [-0.1, -0.05) is 12.1 Å². The zero-order valence-electron chi connectivity index (χ0n) is 13.1. The molecule has 1 heterocycles. The number of hydrogen-bond donors (Lipinski definition) is 2. The van der Waals surface area contributed by atoms with Crippen molar-refractivity contribution < 1.29 is 24.5 Å². The van der Waals surface area contributed by atoms with E-state index in [2.05, 4.69) is 0 Å². The first kappa shape index (κ1) is 17.1. The number of carbonyl (C=O) groups is 2. The van der Waals surface area contributed by atoms with Gasteiger partial charge in [-0.05, 0) is 49.3 Å². The molecular weight excluding hydrogens is 298 g/mol. The Morgan fingerprint density at radius 1 is 1.13 bits per heavy atom. The van der Waals surface area contributed by atoms with Crippen LogP contribution in [0.25, 0.3) is 0 Å². The number of ether oxygens (including phenoxy) is 1. The van der Waals surface area contributed by atoms with Crippen LogP contribution < -0.4 is 4.74 Å². The van der Waals surface area contributed by atoms with Crippen LogP contribution in [-0.2, 0) is 11.2 Å². The van der Waals surface area contributed by atoms with Crippen LogP contribution in [0.5, 0.6) is 5.75 Å². The van der Waals surface area contributed by atoms with Gasteiger partial charge in [0.2, 0.25) is 0 Å². The quantitative estimate of drug-likeness (QED) is 0.754. The van der Waals surface area contributed by atoms with Gasteiger partial charge in [-0.3, -0.25) is 4.79 Å². The lowest BCUT2D eigenvalue weighted by atomic mass is 9.92. The molecule has 1 aromatic rings. The van der Waals surface area contributed by atoms with Crippen molar-refractivity contribution in [3.8, 4) is 5.75 Å². The second-order valence-corrected chi connectivity index (χ2v) is 5.92. The molecule has 1 amide bonds. The van der Waals surface area contributed by atoms with Gasteiger partial charge in [0.1, 0.15) is 5.75 Å². The molecule has 2 rings (SSSR count). The van der Waals surface area contributed by atoms with E-state index in [-0.39, 0.29) is 6.42 Å². The fourth-order valence-electron chi connectivity index (χ4n) is 2.85. The van der Waals surface area contributed by atoms with E-state index in [0.717, 1.165) is 37.0 Å². The maximum atomic E-state index is 10.8. The van der Waals surface area contributed by atoms with E-state index in [0.29, 0.717) is 25.6 Å². The van der Waals surface area contributed by atoms with E-state index >= 15 is 0 Å². The van der Waals surface area contributed by atoms with Crippen LogP contribution in [0, 0.1) is 5.92 Å². The summed E-state index contributed by atoms with van der Waals surface area (Å²) in [4.78, 5) is 22.9. The van der Waals surface area contributed by atoms with Gasteiger partial charge >= 0.3 is 12.1 Å². The molecule has 0 spiro atoms. The molecule has 0 bridgehead atoms. The van der Waals surface area contributed by atoms with Crippen LogP contribution in [0.1, 0.15) is 31.2 Å². The molecule has 1 aliphatic heterocycles. The van der Waals surface area contributed by atoms with E-state index in [1.807, 2.05) is 0 Å². The fourth-order valence-corrected chi connectivity index (χ4v) is 2.85. The monoisotopic (exact) mass is 321 g/mol. The smallest absolute Gasteiger partial charge is 0.407 e. The Bertz CT molecular complexity index is 520. The van der Waals surface area contributed by atoms with Gasteiger partial charge in [-0.2, -0.15) is 0 Å². The highest BCUT2D eigenvalue weighted by molar-refractivity contribution is 5.70. The van der Waals surface area contributed by atoms with E-state index in [1.54, 1.807) is 24.3 Å². The summed E-state index contributed by atoms with van der Waals surface area (Å²) in [5.41, 5.74) is 0.759. The van der Waals surface area contributed by atoms with Crippen molar-refractivity contribution in [2.75, 3.05) is 19.7 Å². The van der Waals surface area contributed by atoms with Crippen LogP contribution >= 0.6 is 0 Å². The van der Waals surface area contributed by atoms with E-state index < -0.39 is 12.1 Å². The van der Waals surface area contributed by atoms with Crippen molar-refractivity contribution in [1.29, 1.82) is 0 Å². The first-order valence-corrected chi connectivity index (χ1v) is 7.96. The van der Waals surface area contributed by atoms with E-state index in [4.69, 9.17) is 14.9 Å². The van der Waals surface area contributed by atoms with E-state index in [9.17, 15) is 9.59 Å². The topological polar surface area (TPSA) is 87.1 Å². The summed E-state index contributed by atoms with van der Waals surface area (Å²) >= 11 is 0. The van der Waals surface area contributed by atoms with Crippen LogP contribution in [0.2, 0.25) is 0 Å². The summed E-state index contributed by atoms with van der Waals surface area (Å²) < 4.78 is 5.66. The summed E-state index contributed by atoms with van der Waals surface area (Å²) in [5.74, 6) is 0.486. The minimum Gasteiger partial charge on any atom is -0.494 e. The number of carboxylic acid groups (broad SMARTS) is 2. The maximum Gasteiger partial charge on any atom is 0.407 e. The number of hydrogen-bond acceptors (Lipinski definition) is 3. The number of aliphatic carboxylic acids is 1. The van der Waals surface area contributed by atoms with Crippen molar-refractivity contribution in [2.24, 2.45) is 5.92 Å². The molecule has 1 aromatic carbocycles. The molecule has 0 aliphatic carbocycles. The van der Waals surface area contributed by atoms with Crippen molar-refractivity contribution in [3.63, 3.8) is 0 Å². The summed E-state index contributed by atoms with van der Waals surface area (Å²) in [6.45, 7) is 1.88. The Morgan fingerprint density at radius 3 is 2.35 bits per heavy atom. The first-order chi connectivity index (χ1) is 11.0. The van der Waals surface area contributed by atoms with Crippen molar-refractivity contribution >= 4 is 12.1 Å². The Balaban J connectivity index is 1.62. The van der Waals surface area contributed by atoms with Gasteiger partial charge < -0.3 is 19.8 Å². The van der Waals surface area contributed by atoms with Gasteiger partial charge in [0.15, 0.2) is 0 Å². The Kier molecular flexibility index (Phi) is 6.26. The van der Waals surface area contributed by atoms with Crippen LogP contribution in [0.15, 0.2) is 24.3 Å². The highest BCUT2D eigenvalue weighted by atomic mass is 16.5. The molecule has 1 aliphatic rings. The third-order valence-corrected chi connectivity index (χ3v) is 4.19. The predicted octanol–water partition coefficient (Wildman–Crippen LogP) is 2.86. The molecule has 0 radical (unpaired) electrons. The average Bonchev–Trinajstić information content (AvgIpc) is 2.53. The minimum absolute atomic E-state index is 0.0231. The van der Waals surface area contributed by atoms with Crippen molar-refractivity contribution in [3.05, 3.63) is 29.8 Å². The molecule has 23 heavy (non-hydrogen) atoms. The van der Waals surface area contributed by atoms with Gasteiger partial charge in [0.25, 0.3) is 0 Å². The lowest BCUT2D eigenvalue weighted by molar-refractivity contribution is -0.136. The SMILES string of the molecule is O=C(O)Cc1ccc(OCCCC2CCN(C(=O)O)CC2)cc1. The number of carboxylic acids is 1. The van der Waals surface area contributed by atoms with Gasteiger partial charge in [0.05, 0.1) is 13.0 Å². The first-order valence-electron chi connectivity index (χ1n) is 7.96. The number of rotatable bonds is 7. The molecule has 6 nitrogen and oxygen atoms in total. The molecule has 0 saturated carbocycles. The number of benzene rings is 1. The molecule has 126 valence electrons. The molecule has 0 aromatic heterocycles. The average molecular weight is 321 g/mol. The third-order valence-electron chi connectivity index (χ3n) is 4.19. The Labute approximate surface area is 135 Å². The van der Waals surface area contributed by atoms with Crippen LogP contribution in [-0.4, -0.2) is 46.9 Å². The largest absolute Gasteiger partial charge is 0.494 e. The van der Waals surface area contributed by atoms with E-state index in [1.165, 1.54) is 4.90 Å². The number of amides is 1.